The fourth-order valence-electron chi connectivity index (χ4n) is 5.70. The monoisotopic (exact) mass is 595 g/mol. The molecule has 3 fully saturated rings. The first-order valence-electron chi connectivity index (χ1n) is 14.9. The van der Waals surface area contributed by atoms with Crippen molar-refractivity contribution in [2.24, 2.45) is 11.8 Å². The lowest BCUT2D eigenvalue weighted by molar-refractivity contribution is -0.163. The van der Waals surface area contributed by atoms with Gasteiger partial charge in [-0.15, -0.1) is 0 Å². The lowest BCUT2D eigenvalue weighted by Crippen LogP contribution is -2.55. The number of carboxylic acids is 1. The van der Waals surface area contributed by atoms with Gasteiger partial charge in [0.15, 0.2) is 0 Å². The van der Waals surface area contributed by atoms with Crippen LogP contribution in [0.2, 0.25) is 0 Å². The molecule has 1 N–H and O–H groups in total. The quantitative estimate of drug-likeness (QED) is 0.210. The molecule has 6 atom stereocenters. The Hall–Kier alpha value is -3.26. The minimum absolute atomic E-state index is 0.0597. The summed E-state index contributed by atoms with van der Waals surface area (Å²) in [7, 11) is 0. The number of aromatic nitrogens is 3. The maximum atomic E-state index is 13.1. The van der Waals surface area contributed by atoms with Crippen LogP contribution in [0.5, 0.6) is 0 Å². The van der Waals surface area contributed by atoms with E-state index in [4.69, 9.17) is 18.9 Å². The van der Waals surface area contributed by atoms with Crippen molar-refractivity contribution in [2.75, 3.05) is 13.2 Å². The molecule has 1 aliphatic carbocycles. The lowest BCUT2D eigenvalue weighted by atomic mass is 9.90. The number of epoxide rings is 1. The Labute approximate surface area is 242 Å². The summed E-state index contributed by atoms with van der Waals surface area (Å²) < 4.78 is 23.8. The van der Waals surface area contributed by atoms with Crippen LogP contribution in [0.3, 0.4) is 0 Å². The number of carbonyl (C=O) groups excluding carboxylic acids is 2. The average Bonchev–Trinajstić information content (AvgIpc) is 3.72. The molecule has 14 heteroatoms. The van der Waals surface area contributed by atoms with Crippen LogP contribution in [0, 0.1) is 11.8 Å². The molecule has 1 aromatic rings. The van der Waals surface area contributed by atoms with Gasteiger partial charge in [-0.3, -0.25) is 14.4 Å². The number of fused-ring (bicyclic) bond motifs is 1. The molecule has 1 saturated carbocycles. The Balaban J connectivity index is 1.31. The zero-order chi connectivity index (χ0) is 30.4. The van der Waals surface area contributed by atoms with Crippen molar-refractivity contribution in [3.63, 3.8) is 0 Å². The van der Waals surface area contributed by atoms with Gasteiger partial charge in [-0.05, 0) is 57.8 Å². The van der Waals surface area contributed by atoms with E-state index in [1.807, 2.05) is 13.8 Å². The third-order valence-corrected chi connectivity index (χ3v) is 8.28. The van der Waals surface area contributed by atoms with E-state index in [9.17, 15) is 33.9 Å². The van der Waals surface area contributed by atoms with Crippen molar-refractivity contribution in [1.29, 1.82) is 0 Å². The summed E-state index contributed by atoms with van der Waals surface area (Å²) >= 11 is 0. The van der Waals surface area contributed by atoms with Gasteiger partial charge in [0, 0.05) is 31.8 Å². The number of carbonyl (C=O) groups is 3. The molecule has 2 saturated heterocycles. The van der Waals surface area contributed by atoms with Gasteiger partial charge in [0.05, 0.1) is 37.6 Å². The van der Waals surface area contributed by atoms with Crippen LogP contribution in [0.1, 0.15) is 71.6 Å². The predicted molar refractivity (Wildman–Crippen MR) is 146 cm³/mol. The van der Waals surface area contributed by atoms with E-state index in [2.05, 4.69) is 0 Å². The Morgan fingerprint density at radius 1 is 0.881 bits per heavy atom. The van der Waals surface area contributed by atoms with E-state index in [0.717, 1.165) is 41.2 Å². The van der Waals surface area contributed by atoms with Crippen LogP contribution in [0.25, 0.3) is 0 Å². The van der Waals surface area contributed by atoms with Gasteiger partial charge in [-0.25, -0.2) is 28.1 Å². The fourth-order valence-corrected chi connectivity index (χ4v) is 5.70. The lowest BCUT2D eigenvalue weighted by Gasteiger charge is -2.38. The second-order valence-electron chi connectivity index (χ2n) is 11.5. The van der Waals surface area contributed by atoms with Crippen molar-refractivity contribution in [3.8, 4) is 0 Å². The summed E-state index contributed by atoms with van der Waals surface area (Å²) in [4.78, 5) is 74.6. The first-order valence-corrected chi connectivity index (χ1v) is 14.9. The van der Waals surface area contributed by atoms with Crippen LogP contribution in [-0.2, 0) is 53.0 Å². The van der Waals surface area contributed by atoms with Gasteiger partial charge in [0.25, 0.3) is 0 Å². The van der Waals surface area contributed by atoms with E-state index in [1.54, 1.807) is 0 Å². The van der Waals surface area contributed by atoms with Crippen molar-refractivity contribution < 1.29 is 38.4 Å². The summed E-state index contributed by atoms with van der Waals surface area (Å²) in [5, 5.41) is 9.22. The Bertz CT molecular complexity index is 1310. The van der Waals surface area contributed by atoms with Crippen molar-refractivity contribution in [3.05, 3.63) is 31.5 Å². The number of carboxylic acid groups (broad SMARTS) is 1. The first kappa shape index (κ1) is 31.7. The number of hydrogen-bond donors (Lipinski definition) is 1. The molecule has 6 unspecified atom stereocenters. The summed E-state index contributed by atoms with van der Waals surface area (Å²) in [6, 6.07) is 0. The molecule has 0 amide bonds. The molecule has 4 rings (SSSR count). The van der Waals surface area contributed by atoms with Crippen LogP contribution in [0.15, 0.2) is 14.4 Å². The maximum absolute atomic E-state index is 13.1. The summed E-state index contributed by atoms with van der Waals surface area (Å²) in [5.41, 5.74) is -3.08. The SMILES string of the molecule is CCC(COC(=O)CCCn1c(=O)n(CCCC(=O)OCC2CCC3OC3C2)c(=O)n(CC(=O)O)c1=O)C1CC(C)O1. The molecular formula is C28H41N3O11. The normalized spacial score (nSPS) is 25.1. The fraction of sp³-hybridized carbons (Fsp3) is 0.786. The third-order valence-electron chi connectivity index (χ3n) is 8.28. The second kappa shape index (κ2) is 14.3. The van der Waals surface area contributed by atoms with Gasteiger partial charge in [-0.1, -0.05) is 6.92 Å². The molecule has 42 heavy (non-hydrogen) atoms. The third kappa shape index (κ3) is 8.18. The molecule has 2 aliphatic heterocycles. The molecule has 1 aromatic heterocycles. The Morgan fingerprint density at radius 3 is 2.02 bits per heavy atom. The van der Waals surface area contributed by atoms with Gasteiger partial charge in [0.2, 0.25) is 0 Å². The van der Waals surface area contributed by atoms with Crippen molar-refractivity contribution >= 4 is 17.9 Å². The van der Waals surface area contributed by atoms with Crippen LogP contribution < -0.4 is 17.1 Å². The molecule has 0 aromatic carbocycles. The highest BCUT2D eigenvalue weighted by Crippen LogP contribution is 2.39. The molecule has 234 valence electrons. The highest BCUT2D eigenvalue weighted by atomic mass is 16.6. The highest BCUT2D eigenvalue weighted by Gasteiger charge is 2.44. The van der Waals surface area contributed by atoms with Gasteiger partial charge in [-0.2, -0.15) is 0 Å². The van der Waals surface area contributed by atoms with Crippen molar-refractivity contribution in [2.45, 2.75) is 116 Å². The highest BCUT2D eigenvalue weighted by molar-refractivity contribution is 5.69. The summed E-state index contributed by atoms with van der Waals surface area (Å²) in [6.07, 6.45) is 5.34. The number of esters is 2. The standard InChI is InChI=1S/C28H41N3O11/c1-3-19(21-12-17(2)41-21)16-40-25(35)7-5-11-30-26(36)29(27(37)31(28(30)38)14-23(32)33)10-4-6-24(34)39-15-18-8-9-20-22(13-18)42-20/h17-22H,3-16H2,1-2H3,(H,32,33). The minimum Gasteiger partial charge on any atom is -0.480 e. The smallest absolute Gasteiger partial charge is 0.336 e. The molecular weight excluding hydrogens is 554 g/mol. The molecule has 0 spiro atoms. The number of ether oxygens (including phenoxy) is 4. The summed E-state index contributed by atoms with van der Waals surface area (Å²) in [6.45, 7) is 3.10. The molecule has 3 heterocycles. The predicted octanol–water partition coefficient (Wildman–Crippen LogP) is 0.674. The zero-order valence-electron chi connectivity index (χ0n) is 24.2. The number of hydrogen-bond acceptors (Lipinski definition) is 10. The maximum Gasteiger partial charge on any atom is 0.336 e. The molecule has 14 nitrogen and oxygen atoms in total. The Morgan fingerprint density at radius 2 is 1.48 bits per heavy atom. The van der Waals surface area contributed by atoms with E-state index in [0.29, 0.717) is 10.7 Å². The van der Waals surface area contributed by atoms with E-state index in [1.165, 1.54) is 0 Å². The largest absolute Gasteiger partial charge is 0.480 e. The average molecular weight is 596 g/mol. The van der Waals surface area contributed by atoms with Gasteiger partial charge >= 0.3 is 35.0 Å². The van der Waals surface area contributed by atoms with Crippen LogP contribution in [-0.4, -0.2) is 74.3 Å². The minimum atomic E-state index is -1.43. The van der Waals surface area contributed by atoms with Crippen LogP contribution in [0.4, 0.5) is 0 Å². The second-order valence-corrected chi connectivity index (χ2v) is 11.5. The van der Waals surface area contributed by atoms with Gasteiger partial charge < -0.3 is 24.1 Å². The number of aliphatic carboxylic acids is 1. The number of nitrogens with zero attached hydrogens (tertiary/aromatic N) is 3. The van der Waals surface area contributed by atoms with Crippen molar-refractivity contribution in [1.82, 2.24) is 13.7 Å². The summed E-state index contributed by atoms with van der Waals surface area (Å²) in [5.74, 6) is -2.06. The molecule has 3 aliphatic rings. The van der Waals surface area contributed by atoms with E-state index >= 15 is 0 Å². The first-order chi connectivity index (χ1) is 20.1. The zero-order valence-corrected chi connectivity index (χ0v) is 24.2. The number of rotatable bonds is 16. The van der Waals surface area contributed by atoms with Crippen LogP contribution >= 0.6 is 0 Å². The topological polar surface area (TPSA) is 178 Å². The molecule has 0 bridgehead atoms. The Kier molecular flexibility index (Phi) is 10.8. The molecule has 0 radical (unpaired) electrons. The van der Waals surface area contributed by atoms with E-state index in [-0.39, 0.29) is 82.1 Å². The van der Waals surface area contributed by atoms with E-state index < -0.39 is 41.5 Å². The van der Waals surface area contributed by atoms with Gasteiger partial charge in [0.1, 0.15) is 6.54 Å².